The van der Waals surface area contributed by atoms with Gasteiger partial charge in [0.25, 0.3) is 0 Å². The molecular weight excluding hydrogens is 332 g/mol. The Labute approximate surface area is 153 Å². The van der Waals surface area contributed by atoms with E-state index in [0.29, 0.717) is 29.2 Å². The van der Waals surface area contributed by atoms with Crippen LogP contribution in [0.5, 0.6) is 5.75 Å². The summed E-state index contributed by atoms with van der Waals surface area (Å²) in [7, 11) is 1.59. The first kappa shape index (κ1) is 18.4. The first-order valence-electron chi connectivity index (χ1n) is 8.91. The lowest BCUT2D eigenvalue weighted by atomic mass is 10.0. The normalized spacial score (nSPS) is 15.5. The summed E-state index contributed by atoms with van der Waals surface area (Å²) < 4.78 is 10.8. The second-order valence-electron chi connectivity index (χ2n) is 6.97. The van der Waals surface area contributed by atoms with Gasteiger partial charge in [-0.25, -0.2) is 4.98 Å². The molecule has 1 aliphatic rings. The smallest absolute Gasteiger partial charge is 0.241 e. The van der Waals surface area contributed by atoms with Gasteiger partial charge in [0, 0.05) is 30.9 Å². The summed E-state index contributed by atoms with van der Waals surface area (Å²) in [5.74, 6) is 1.64. The van der Waals surface area contributed by atoms with Crippen molar-refractivity contribution in [3.63, 3.8) is 0 Å². The lowest BCUT2D eigenvalue weighted by Crippen LogP contribution is -2.60. The number of aromatic nitrogens is 1. The van der Waals surface area contributed by atoms with Crippen molar-refractivity contribution in [2.24, 2.45) is 5.92 Å². The van der Waals surface area contributed by atoms with E-state index in [0.717, 1.165) is 25.1 Å². The first-order valence-corrected chi connectivity index (χ1v) is 8.91. The highest BCUT2D eigenvalue weighted by Gasteiger charge is 2.26. The number of nitrogens with one attached hydrogen (secondary N) is 3. The van der Waals surface area contributed by atoms with Gasteiger partial charge in [-0.15, -0.1) is 0 Å². The fraction of sp³-hybridized carbons (Fsp3) is 0.474. The minimum Gasteiger partial charge on any atom is -0.496 e. The molecule has 3 rings (SSSR count). The zero-order chi connectivity index (χ0) is 18.5. The van der Waals surface area contributed by atoms with Gasteiger partial charge in [0.15, 0.2) is 12.2 Å². The van der Waals surface area contributed by atoms with Crippen LogP contribution in [0.15, 0.2) is 35.2 Å². The molecule has 1 aromatic heterocycles. The van der Waals surface area contributed by atoms with Crippen LogP contribution in [0.2, 0.25) is 0 Å². The Bertz CT molecular complexity index is 726. The fourth-order valence-corrected chi connectivity index (χ4v) is 2.96. The molecule has 1 unspecified atom stereocenters. The van der Waals surface area contributed by atoms with Crippen LogP contribution >= 0.6 is 0 Å². The molecule has 2 aromatic rings. The van der Waals surface area contributed by atoms with Gasteiger partial charge in [-0.05, 0) is 24.5 Å². The molecule has 1 saturated heterocycles. The summed E-state index contributed by atoms with van der Waals surface area (Å²) in [5, 5.41) is 9.66. The van der Waals surface area contributed by atoms with Gasteiger partial charge in [-0.2, -0.15) is 0 Å². The Morgan fingerprint density at radius 1 is 1.42 bits per heavy atom. The number of rotatable bonds is 8. The molecule has 0 saturated carbocycles. The summed E-state index contributed by atoms with van der Waals surface area (Å²) in [5.41, 5.74) is 1.48. The molecule has 26 heavy (non-hydrogen) atoms. The van der Waals surface area contributed by atoms with E-state index in [2.05, 4.69) is 34.8 Å². The van der Waals surface area contributed by atoms with Gasteiger partial charge in [0.1, 0.15) is 5.75 Å². The van der Waals surface area contributed by atoms with Crippen molar-refractivity contribution < 1.29 is 13.9 Å². The van der Waals surface area contributed by atoms with Crippen molar-refractivity contribution in [3.8, 4) is 17.1 Å². The molecule has 2 heterocycles. The highest BCUT2D eigenvalue weighted by molar-refractivity contribution is 5.95. The number of hydrogen-bond acceptors (Lipinski definition) is 6. The van der Waals surface area contributed by atoms with E-state index in [1.165, 1.54) is 6.39 Å². The number of oxazole rings is 1. The lowest BCUT2D eigenvalue weighted by molar-refractivity contribution is -0.118. The predicted octanol–water partition coefficient (Wildman–Crippen LogP) is 2.26. The third-order valence-electron chi connectivity index (χ3n) is 4.41. The third kappa shape index (κ3) is 4.42. The van der Waals surface area contributed by atoms with Crippen LogP contribution in [0.1, 0.15) is 20.3 Å². The van der Waals surface area contributed by atoms with Crippen LogP contribution in [-0.4, -0.2) is 43.2 Å². The summed E-state index contributed by atoms with van der Waals surface area (Å²) in [4.78, 5) is 16.7. The molecule has 0 radical (unpaired) electrons. The monoisotopic (exact) mass is 358 g/mol. The Morgan fingerprint density at radius 3 is 2.81 bits per heavy atom. The summed E-state index contributed by atoms with van der Waals surface area (Å²) in [6, 6.07) is 5.63. The number of carbonyl (C=O) groups excluding carboxylic acids is 1. The van der Waals surface area contributed by atoms with E-state index in [-0.39, 0.29) is 11.9 Å². The van der Waals surface area contributed by atoms with Gasteiger partial charge < -0.3 is 25.1 Å². The zero-order valence-electron chi connectivity index (χ0n) is 15.4. The van der Waals surface area contributed by atoms with Crippen molar-refractivity contribution in [2.75, 3.05) is 25.5 Å². The van der Waals surface area contributed by atoms with E-state index < -0.39 is 0 Å². The number of amides is 1. The van der Waals surface area contributed by atoms with E-state index in [9.17, 15) is 4.79 Å². The second-order valence-corrected chi connectivity index (χ2v) is 6.97. The number of anilines is 1. The van der Waals surface area contributed by atoms with Crippen LogP contribution < -0.4 is 20.7 Å². The largest absolute Gasteiger partial charge is 0.496 e. The van der Waals surface area contributed by atoms with Crippen LogP contribution in [-0.2, 0) is 4.79 Å². The Hall–Kier alpha value is -2.38. The minimum absolute atomic E-state index is 0.0277. The molecule has 0 spiro atoms. The predicted molar refractivity (Wildman–Crippen MR) is 100 cm³/mol. The molecule has 1 fully saturated rings. The third-order valence-corrected chi connectivity index (χ3v) is 4.41. The molecule has 1 aliphatic heterocycles. The number of methoxy groups -OCH3 is 1. The lowest BCUT2D eigenvalue weighted by Gasteiger charge is -2.32. The molecule has 1 amide bonds. The molecular formula is C19H26N4O3. The Morgan fingerprint density at radius 2 is 2.23 bits per heavy atom. The highest BCUT2D eigenvalue weighted by Crippen LogP contribution is 2.32. The zero-order valence-corrected chi connectivity index (χ0v) is 15.4. The molecule has 7 heteroatoms. The molecule has 1 aromatic carbocycles. The number of carbonyl (C=O) groups is 1. The molecule has 7 nitrogen and oxygen atoms in total. The maximum atomic E-state index is 12.8. The SMILES string of the molecule is COc1cc(NC(=O)C(CC(C)C)NC2CNC2)ccc1-c1cnco1. The fourth-order valence-electron chi connectivity index (χ4n) is 2.96. The standard InChI is InChI=1S/C19H26N4O3/c1-12(2)6-16(22-14-8-20-9-14)19(24)23-13-4-5-15(17(7-13)25-3)18-10-21-11-26-18/h4-5,7,10-12,14,16,20,22H,6,8-9H2,1-3H3,(H,23,24). The van der Waals surface area contributed by atoms with E-state index in [1.54, 1.807) is 19.4 Å². The summed E-state index contributed by atoms with van der Waals surface area (Å²) in [6.07, 6.45) is 3.79. The number of ether oxygens (including phenoxy) is 1. The Balaban J connectivity index is 1.72. The van der Waals surface area contributed by atoms with Gasteiger partial charge >= 0.3 is 0 Å². The first-order chi connectivity index (χ1) is 12.6. The van der Waals surface area contributed by atoms with Gasteiger partial charge in [0.05, 0.1) is 24.9 Å². The second kappa shape index (κ2) is 8.33. The van der Waals surface area contributed by atoms with Crippen LogP contribution in [0.3, 0.4) is 0 Å². The summed E-state index contributed by atoms with van der Waals surface area (Å²) in [6.45, 7) is 6.05. The number of nitrogens with zero attached hydrogens (tertiary/aromatic N) is 1. The minimum atomic E-state index is -0.220. The molecule has 140 valence electrons. The van der Waals surface area contributed by atoms with E-state index in [1.807, 2.05) is 12.1 Å². The van der Waals surface area contributed by atoms with Crippen molar-refractivity contribution in [3.05, 3.63) is 30.8 Å². The summed E-state index contributed by atoms with van der Waals surface area (Å²) >= 11 is 0. The highest BCUT2D eigenvalue weighted by atomic mass is 16.5. The topological polar surface area (TPSA) is 88.4 Å². The van der Waals surface area contributed by atoms with Crippen molar-refractivity contribution in [1.29, 1.82) is 0 Å². The molecule has 0 bridgehead atoms. The van der Waals surface area contributed by atoms with Gasteiger partial charge in [-0.3, -0.25) is 4.79 Å². The number of benzene rings is 1. The van der Waals surface area contributed by atoms with E-state index >= 15 is 0 Å². The van der Waals surface area contributed by atoms with Gasteiger partial charge in [0.2, 0.25) is 5.91 Å². The maximum absolute atomic E-state index is 12.8. The van der Waals surface area contributed by atoms with Gasteiger partial charge in [-0.1, -0.05) is 13.8 Å². The van der Waals surface area contributed by atoms with Crippen molar-refractivity contribution >= 4 is 11.6 Å². The van der Waals surface area contributed by atoms with Crippen LogP contribution in [0, 0.1) is 5.92 Å². The van der Waals surface area contributed by atoms with E-state index in [4.69, 9.17) is 9.15 Å². The quantitative estimate of drug-likeness (QED) is 0.671. The molecule has 3 N–H and O–H groups in total. The molecule has 0 aliphatic carbocycles. The van der Waals surface area contributed by atoms with Crippen molar-refractivity contribution in [1.82, 2.24) is 15.6 Å². The van der Waals surface area contributed by atoms with Crippen LogP contribution in [0.4, 0.5) is 5.69 Å². The number of hydrogen-bond donors (Lipinski definition) is 3. The van der Waals surface area contributed by atoms with Crippen LogP contribution in [0.25, 0.3) is 11.3 Å². The average molecular weight is 358 g/mol. The maximum Gasteiger partial charge on any atom is 0.241 e. The Kier molecular flexibility index (Phi) is 5.90. The molecule has 1 atom stereocenters. The van der Waals surface area contributed by atoms with Crippen molar-refractivity contribution in [2.45, 2.75) is 32.4 Å². The average Bonchev–Trinajstić information content (AvgIpc) is 3.10.